The third-order valence-electron chi connectivity index (χ3n) is 5.63. The van der Waals surface area contributed by atoms with Crippen LogP contribution in [0.5, 0.6) is 17.2 Å². The molecule has 0 aromatic heterocycles. The molecule has 162 valence electrons. The lowest BCUT2D eigenvalue weighted by Crippen LogP contribution is -2.19. The summed E-state index contributed by atoms with van der Waals surface area (Å²) in [5.41, 5.74) is 0. The van der Waals surface area contributed by atoms with Gasteiger partial charge in [0.25, 0.3) is 0 Å². The van der Waals surface area contributed by atoms with Gasteiger partial charge in [-0.1, -0.05) is 44.3 Å². The minimum absolute atomic E-state index is 0.0838. The standard InChI is InChI=1S/C22H28F4O3/c23-20-18(27-14-4-11-17-8-3-9-17)12-13-19(21(20)29-22(24,25)26)28-15-5-10-16-6-1-2-7-16/h4,11-13,16-17H,1-3,5-10,14-15H2/b11-4+. The Hall–Kier alpha value is -1.92. The van der Waals surface area contributed by atoms with E-state index in [2.05, 4.69) is 4.74 Å². The molecule has 7 heteroatoms. The predicted octanol–water partition coefficient (Wildman–Crippen LogP) is 6.81. The molecule has 0 N–H and O–H groups in total. The van der Waals surface area contributed by atoms with E-state index in [0.29, 0.717) is 18.3 Å². The van der Waals surface area contributed by atoms with Gasteiger partial charge in [0, 0.05) is 0 Å². The van der Waals surface area contributed by atoms with Crippen LogP contribution in [-0.4, -0.2) is 19.6 Å². The van der Waals surface area contributed by atoms with Crippen molar-refractivity contribution in [3.8, 4) is 17.2 Å². The largest absolute Gasteiger partial charge is 0.573 e. The number of allylic oxidation sites excluding steroid dienone is 1. The molecular weight excluding hydrogens is 388 g/mol. The SMILES string of the molecule is Fc1c(OC/C=C/C2CCC2)ccc(OCCCC2CCCC2)c1OC(F)(F)F. The Morgan fingerprint density at radius 1 is 0.966 bits per heavy atom. The number of alkyl halides is 3. The maximum Gasteiger partial charge on any atom is 0.573 e. The van der Waals surface area contributed by atoms with Crippen molar-refractivity contribution in [3.05, 3.63) is 30.1 Å². The molecule has 2 aliphatic carbocycles. The van der Waals surface area contributed by atoms with Crippen molar-refractivity contribution in [2.75, 3.05) is 13.2 Å². The summed E-state index contributed by atoms with van der Waals surface area (Å²) in [5.74, 6) is -1.55. The molecule has 0 amide bonds. The molecule has 1 aromatic carbocycles. The Balaban J connectivity index is 1.59. The van der Waals surface area contributed by atoms with Gasteiger partial charge in [0.2, 0.25) is 11.6 Å². The smallest absolute Gasteiger partial charge is 0.490 e. The highest BCUT2D eigenvalue weighted by molar-refractivity contribution is 5.47. The molecule has 1 aromatic rings. The third kappa shape index (κ3) is 6.82. The summed E-state index contributed by atoms with van der Waals surface area (Å²) in [4.78, 5) is 0. The van der Waals surface area contributed by atoms with Crippen LogP contribution in [0.1, 0.15) is 57.8 Å². The molecule has 0 saturated heterocycles. The molecule has 2 fully saturated rings. The minimum Gasteiger partial charge on any atom is -0.490 e. The molecule has 0 spiro atoms. The first-order valence-electron chi connectivity index (χ1n) is 10.4. The van der Waals surface area contributed by atoms with Crippen LogP contribution in [-0.2, 0) is 0 Å². The van der Waals surface area contributed by atoms with Crippen LogP contribution in [0.2, 0.25) is 0 Å². The van der Waals surface area contributed by atoms with Crippen molar-refractivity contribution in [3.63, 3.8) is 0 Å². The molecule has 0 radical (unpaired) electrons. The van der Waals surface area contributed by atoms with E-state index in [9.17, 15) is 17.6 Å². The zero-order valence-corrected chi connectivity index (χ0v) is 16.5. The number of hydrogen-bond donors (Lipinski definition) is 0. The van der Waals surface area contributed by atoms with Gasteiger partial charge in [-0.25, -0.2) is 0 Å². The summed E-state index contributed by atoms with van der Waals surface area (Å²) >= 11 is 0. The summed E-state index contributed by atoms with van der Waals surface area (Å²) in [6.07, 6.45) is 8.72. The molecule has 2 saturated carbocycles. The second-order valence-electron chi connectivity index (χ2n) is 7.82. The van der Waals surface area contributed by atoms with E-state index in [1.807, 2.05) is 6.08 Å². The lowest BCUT2D eigenvalue weighted by Gasteiger charge is -2.21. The number of halogens is 4. The first-order chi connectivity index (χ1) is 13.9. The first kappa shape index (κ1) is 21.8. The van der Waals surface area contributed by atoms with E-state index in [1.54, 1.807) is 6.08 Å². The van der Waals surface area contributed by atoms with Gasteiger partial charge in [-0.15, -0.1) is 13.2 Å². The number of hydrogen-bond acceptors (Lipinski definition) is 3. The zero-order chi connectivity index (χ0) is 20.7. The molecule has 0 heterocycles. The average molecular weight is 416 g/mol. The maximum atomic E-state index is 14.6. The van der Waals surface area contributed by atoms with Crippen molar-refractivity contribution < 1.29 is 31.8 Å². The second kappa shape index (κ2) is 10.2. The summed E-state index contributed by atoms with van der Waals surface area (Å²) in [7, 11) is 0. The van der Waals surface area contributed by atoms with Gasteiger partial charge in [-0.05, 0) is 49.7 Å². The molecule has 2 aliphatic rings. The van der Waals surface area contributed by atoms with Crippen molar-refractivity contribution in [2.45, 2.75) is 64.1 Å². The van der Waals surface area contributed by atoms with Crippen LogP contribution in [0.3, 0.4) is 0 Å². The molecule has 3 nitrogen and oxygen atoms in total. The Morgan fingerprint density at radius 3 is 2.34 bits per heavy atom. The van der Waals surface area contributed by atoms with Crippen LogP contribution in [0.15, 0.2) is 24.3 Å². The molecule has 0 atom stereocenters. The molecule has 3 rings (SSSR count). The number of ether oxygens (including phenoxy) is 3. The first-order valence-corrected chi connectivity index (χ1v) is 10.4. The predicted molar refractivity (Wildman–Crippen MR) is 102 cm³/mol. The normalized spacial score (nSPS) is 18.2. The van der Waals surface area contributed by atoms with Crippen molar-refractivity contribution in [1.29, 1.82) is 0 Å². The van der Waals surface area contributed by atoms with Gasteiger partial charge in [0.05, 0.1) is 6.61 Å². The van der Waals surface area contributed by atoms with Gasteiger partial charge in [0.1, 0.15) is 6.61 Å². The van der Waals surface area contributed by atoms with E-state index in [0.717, 1.165) is 19.3 Å². The van der Waals surface area contributed by atoms with E-state index < -0.39 is 17.9 Å². The number of benzene rings is 1. The van der Waals surface area contributed by atoms with Gasteiger partial charge in [-0.3, -0.25) is 0 Å². The van der Waals surface area contributed by atoms with Crippen molar-refractivity contribution in [1.82, 2.24) is 0 Å². The maximum absolute atomic E-state index is 14.6. The van der Waals surface area contributed by atoms with Crippen LogP contribution in [0.25, 0.3) is 0 Å². The van der Waals surface area contributed by atoms with Crippen LogP contribution in [0.4, 0.5) is 17.6 Å². The van der Waals surface area contributed by atoms with E-state index in [-0.39, 0.29) is 24.7 Å². The summed E-state index contributed by atoms with van der Waals surface area (Å²) in [5, 5.41) is 0. The molecule has 0 bridgehead atoms. The van der Waals surface area contributed by atoms with Crippen LogP contribution in [0, 0.1) is 17.7 Å². The Kier molecular flexibility index (Phi) is 7.67. The summed E-state index contributed by atoms with van der Waals surface area (Å²) in [6.45, 7) is 0.301. The lowest BCUT2D eigenvalue weighted by molar-refractivity contribution is -0.276. The Bertz CT molecular complexity index is 677. The highest BCUT2D eigenvalue weighted by atomic mass is 19.4. The monoisotopic (exact) mass is 416 g/mol. The highest BCUT2D eigenvalue weighted by Crippen LogP contribution is 2.39. The van der Waals surface area contributed by atoms with Gasteiger partial charge in [0.15, 0.2) is 11.5 Å². The quantitative estimate of drug-likeness (QED) is 0.238. The van der Waals surface area contributed by atoms with Gasteiger partial charge in [-0.2, -0.15) is 4.39 Å². The topological polar surface area (TPSA) is 27.7 Å². The van der Waals surface area contributed by atoms with Gasteiger partial charge < -0.3 is 14.2 Å². The second-order valence-corrected chi connectivity index (χ2v) is 7.82. The highest BCUT2D eigenvalue weighted by Gasteiger charge is 2.35. The van der Waals surface area contributed by atoms with Crippen molar-refractivity contribution in [2.24, 2.45) is 11.8 Å². The van der Waals surface area contributed by atoms with E-state index >= 15 is 0 Å². The van der Waals surface area contributed by atoms with Crippen molar-refractivity contribution >= 4 is 0 Å². The fourth-order valence-electron chi connectivity index (χ4n) is 3.83. The summed E-state index contributed by atoms with van der Waals surface area (Å²) in [6, 6.07) is 2.55. The molecule has 0 aliphatic heterocycles. The van der Waals surface area contributed by atoms with Gasteiger partial charge >= 0.3 is 6.36 Å². The lowest BCUT2D eigenvalue weighted by atomic mass is 9.85. The van der Waals surface area contributed by atoms with Crippen LogP contribution >= 0.6 is 0 Å². The Labute approximate surface area is 169 Å². The number of rotatable bonds is 10. The summed E-state index contributed by atoms with van der Waals surface area (Å²) < 4.78 is 67.6. The third-order valence-corrected chi connectivity index (χ3v) is 5.63. The fourth-order valence-corrected chi connectivity index (χ4v) is 3.83. The zero-order valence-electron chi connectivity index (χ0n) is 16.5. The van der Waals surface area contributed by atoms with Crippen LogP contribution < -0.4 is 14.2 Å². The Morgan fingerprint density at radius 2 is 1.69 bits per heavy atom. The molecule has 29 heavy (non-hydrogen) atoms. The minimum atomic E-state index is -5.02. The fraction of sp³-hybridized carbons (Fsp3) is 0.636. The average Bonchev–Trinajstić information content (AvgIpc) is 3.13. The van der Waals surface area contributed by atoms with E-state index in [1.165, 1.54) is 44.2 Å². The molecular formula is C22H28F4O3. The molecule has 0 unspecified atom stereocenters. The van der Waals surface area contributed by atoms with E-state index in [4.69, 9.17) is 9.47 Å².